The first kappa shape index (κ1) is 15.5. The minimum absolute atomic E-state index is 0.0200. The lowest BCUT2D eigenvalue weighted by molar-refractivity contribution is -0.173. The molecule has 2 aliphatic carbocycles. The van der Waals surface area contributed by atoms with Crippen molar-refractivity contribution in [2.75, 3.05) is 0 Å². The van der Waals surface area contributed by atoms with E-state index >= 15 is 0 Å². The SMILES string of the molecule is CC(=O)O[C@H]1C[C@]2(C)CCCC(=O)[C@]2(C)C[C@H]1C(C)C. The molecule has 3 nitrogen and oxygen atoms in total. The van der Waals surface area contributed by atoms with Gasteiger partial charge in [0.1, 0.15) is 11.9 Å². The van der Waals surface area contributed by atoms with Crippen molar-refractivity contribution in [2.24, 2.45) is 22.7 Å². The quantitative estimate of drug-likeness (QED) is 0.723. The molecule has 0 spiro atoms. The molecule has 0 aromatic rings. The van der Waals surface area contributed by atoms with Crippen LogP contribution >= 0.6 is 0 Å². The lowest BCUT2D eigenvalue weighted by atomic mass is 9.48. The number of hydrogen-bond donors (Lipinski definition) is 0. The Morgan fingerprint density at radius 2 is 1.95 bits per heavy atom. The normalized spacial score (nSPS) is 41.4. The molecular weight excluding hydrogens is 252 g/mol. The van der Waals surface area contributed by atoms with Crippen molar-refractivity contribution in [1.82, 2.24) is 0 Å². The Morgan fingerprint density at radius 1 is 1.30 bits per heavy atom. The fourth-order valence-corrected chi connectivity index (χ4v) is 4.42. The monoisotopic (exact) mass is 280 g/mol. The lowest BCUT2D eigenvalue weighted by Crippen LogP contribution is -2.56. The van der Waals surface area contributed by atoms with Crippen molar-refractivity contribution in [3.63, 3.8) is 0 Å². The molecule has 0 heterocycles. The fraction of sp³-hybridized carbons (Fsp3) is 0.882. The summed E-state index contributed by atoms with van der Waals surface area (Å²) in [5, 5.41) is 0. The largest absolute Gasteiger partial charge is 0.462 e. The predicted octanol–water partition coefficient (Wildman–Crippen LogP) is 3.75. The van der Waals surface area contributed by atoms with Gasteiger partial charge in [-0.2, -0.15) is 0 Å². The van der Waals surface area contributed by atoms with Gasteiger partial charge in [-0.1, -0.05) is 27.7 Å². The van der Waals surface area contributed by atoms with E-state index in [0.717, 1.165) is 32.1 Å². The number of hydrogen-bond acceptors (Lipinski definition) is 3. The van der Waals surface area contributed by atoms with Crippen LogP contribution in [0.2, 0.25) is 0 Å². The number of Topliss-reactive ketones (excluding diaryl/α,β-unsaturated/α-hetero) is 1. The number of rotatable bonds is 2. The van der Waals surface area contributed by atoms with Crippen molar-refractivity contribution >= 4 is 11.8 Å². The van der Waals surface area contributed by atoms with Crippen molar-refractivity contribution in [3.8, 4) is 0 Å². The van der Waals surface area contributed by atoms with Crippen LogP contribution in [0.1, 0.15) is 66.7 Å². The van der Waals surface area contributed by atoms with E-state index in [0.29, 0.717) is 17.6 Å². The Labute approximate surface area is 122 Å². The number of ether oxygens (including phenoxy) is 1. The topological polar surface area (TPSA) is 43.4 Å². The van der Waals surface area contributed by atoms with Crippen LogP contribution in [-0.4, -0.2) is 17.9 Å². The van der Waals surface area contributed by atoms with Gasteiger partial charge in [-0.15, -0.1) is 0 Å². The van der Waals surface area contributed by atoms with Crippen LogP contribution in [0.4, 0.5) is 0 Å². The first-order chi connectivity index (χ1) is 9.19. The zero-order chi connectivity index (χ0) is 15.1. The summed E-state index contributed by atoms with van der Waals surface area (Å²) in [6.45, 7) is 10.2. The minimum atomic E-state index is -0.239. The molecule has 0 N–H and O–H groups in total. The van der Waals surface area contributed by atoms with E-state index in [9.17, 15) is 9.59 Å². The molecular formula is C17H28O3. The number of esters is 1. The van der Waals surface area contributed by atoms with Crippen LogP contribution in [0.5, 0.6) is 0 Å². The standard InChI is InChI=1S/C17H28O3/c1-11(2)13-9-17(5)15(19)7-6-8-16(17,4)10-14(13)20-12(3)18/h11,13-14H,6-10H2,1-5H3/t13-,14-,16-,17-/m0/s1. The van der Waals surface area contributed by atoms with E-state index in [-0.39, 0.29) is 22.9 Å². The third-order valence-corrected chi connectivity index (χ3v) is 6.03. The Hall–Kier alpha value is -0.860. The van der Waals surface area contributed by atoms with Gasteiger partial charge in [0.05, 0.1) is 0 Å². The highest BCUT2D eigenvalue weighted by Crippen LogP contribution is 2.59. The molecule has 2 saturated carbocycles. The summed E-state index contributed by atoms with van der Waals surface area (Å²) in [6.07, 6.45) is 4.42. The molecule has 0 bridgehead atoms. The predicted molar refractivity (Wildman–Crippen MR) is 78.2 cm³/mol. The average Bonchev–Trinajstić information content (AvgIpc) is 2.31. The molecule has 2 aliphatic rings. The molecule has 2 fully saturated rings. The van der Waals surface area contributed by atoms with E-state index in [1.165, 1.54) is 6.92 Å². The van der Waals surface area contributed by atoms with Crippen molar-refractivity contribution in [1.29, 1.82) is 0 Å². The van der Waals surface area contributed by atoms with Gasteiger partial charge in [-0.3, -0.25) is 9.59 Å². The van der Waals surface area contributed by atoms with Gasteiger partial charge in [0.2, 0.25) is 0 Å². The molecule has 0 saturated heterocycles. The molecule has 0 unspecified atom stereocenters. The number of carbonyl (C=O) groups is 2. The van der Waals surface area contributed by atoms with E-state index < -0.39 is 0 Å². The maximum Gasteiger partial charge on any atom is 0.302 e. The van der Waals surface area contributed by atoms with Crippen LogP contribution in [0.3, 0.4) is 0 Å². The van der Waals surface area contributed by atoms with Crippen molar-refractivity contribution < 1.29 is 14.3 Å². The molecule has 0 aromatic carbocycles. The summed E-state index contributed by atoms with van der Waals surface area (Å²) in [5.41, 5.74) is -0.259. The second kappa shape index (κ2) is 5.16. The Kier molecular flexibility index (Phi) is 4.01. The highest BCUT2D eigenvalue weighted by molar-refractivity contribution is 5.86. The Morgan fingerprint density at radius 3 is 2.50 bits per heavy atom. The third-order valence-electron chi connectivity index (χ3n) is 6.03. The van der Waals surface area contributed by atoms with Gasteiger partial charge >= 0.3 is 5.97 Å². The lowest BCUT2D eigenvalue weighted by Gasteiger charge is -2.56. The van der Waals surface area contributed by atoms with Gasteiger partial charge < -0.3 is 4.74 Å². The maximum absolute atomic E-state index is 12.5. The zero-order valence-corrected chi connectivity index (χ0v) is 13.5. The Bertz CT molecular complexity index is 414. The van der Waals surface area contributed by atoms with Gasteiger partial charge in [0.25, 0.3) is 0 Å². The molecule has 114 valence electrons. The van der Waals surface area contributed by atoms with Crippen molar-refractivity contribution in [3.05, 3.63) is 0 Å². The first-order valence-electron chi connectivity index (χ1n) is 7.90. The van der Waals surface area contributed by atoms with E-state index in [4.69, 9.17) is 4.74 Å². The first-order valence-corrected chi connectivity index (χ1v) is 7.90. The van der Waals surface area contributed by atoms with Crippen LogP contribution in [-0.2, 0) is 14.3 Å². The Balaban J connectivity index is 2.32. The second-order valence-electron chi connectivity index (χ2n) is 7.63. The summed E-state index contributed by atoms with van der Waals surface area (Å²) in [5.74, 6) is 0.933. The fourth-order valence-electron chi connectivity index (χ4n) is 4.42. The molecule has 0 radical (unpaired) electrons. The molecule has 3 heteroatoms. The molecule has 0 aliphatic heterocycles. The third kappa shape index (κ3) is 2.40. The summed E-state index contributed by atoms with van der Waals surface area (Å²) in [4.78, 5) is 23.9. The number of fused-ring (bicyclic) bond motifs is 1. The second-order valence-corrected chi connectivity index (χ2v) is 7.63. The maximum atomic E-state index is 12.5. The summed E-state index contributed by atoms with van der Waals surface area (Å²) in [7, 11) is 0. The van der Waals surface area contributed by atoms with E-state index in [1.54, 1.807) is 0 Å². The molecule has 4 atom stereocenters. The molecule has 0 aromatic heterocycles. The average molecular weight is 280 g/mol. The molecule has 0 amide bonds. The van der Waals surface area contributed by atoms with E-state index in [1.807, 2.05) is 0 Å². The van der Waals surface area contributed by atoms with Crippen LogP contribution in [0.25, 0.3) is 0 Å². The smallest absolute Gasteiger partial charge is 0.302 e. The summed E-state index contributed by atoms with van der Waals surface area (Å²) in [6, 6.07) is 0. The highest BCUT2D eigenvalue weighted by atomic mass is 16.5. The molecule has 20 heavy (non-hydrogen) atoms. The van der Waals surface area contributed by atoms with E-state index in [2.05, 4.69) is 27.7 Å². The van der Waals surface area contributed by atoms with Gasteiger partial charge in [0.15, 0.2) is 0 Å². The van der Waals surface area contributed by atoms with Crippen LogP contribution < -0.4 is 0 Å². The zero-order valence-electron chi connectivity index (χ0n) is 13.5. The van der Waals surface area contributed by atoms with Gasteiger partial charge in [-0.05, 0) is 42.9 Å². The van der Waals surface area contributed by atoms with Crippen LogP contribution in [0, 0.1) is 22.7 Å². The number of carbonyl (C=O) groups excluding carboxylic acids is 2. The van der Waals surface area contributed by atoms with Crippen LogP contribution in [0.15, 0.2) is 0 Å². The highest BCUT2D eigenvalue weighted by Gasteiger charge is 2.58. The summed E-state index contributed by atoms with van der Waals surface area (Å²) >= 11 is 0. The minimum Gasteiger partial charge on any atom is -0.462 e. The van der Waals surface area contributed by atoms with Gasteiger partial charge in [-0.25, -0.2) is 0 Å². The summed E-state index contributed by atoms with van der Waals surface area (Å²) < 4.78 is 5.61. The van der Waals surface area contributed by atoms with Crippen molar-refractivity contribution in [2.45, 2.75) is 72.8 Å². The number of ketones is 1. The molecule has 2 rings (SSSR count). The van der Waals surface area contributed by atoms with Gasteiger partial charge in [0, 0.05) is 18.8 Å².